The Balaban J connectivity index is 3.87. The van der Waals surface area contributed by atoms with Crippen molar-refractivity contribution >= 4 is 0 Å². The number of allylic oxidation sites excluding steroid dienone is 3. The average Bonchev–Trinajstić information content (AvgIpc) is 2.17. The van der Waals surface area contributed by atoms with E-state index in [-0.39, 0.29) is 6.10 Å². The second-order valence-electron chi connectivity index (χ2n) is 2.75. The lowest BCUT2D eigenvalue weighted by atomic mass is 10.2. The van der Waals surface area contributed by atoms with Gasteiger partial charge in [-0.05, 0) is 43.4 Å². The molecule has 1 nitrogen and oxygen atoms in total. The third-order valence-electron chi connectivity index (χ3n) is 1.44. The van der Waals surface area contributed by atoms with Crippen LogP contribution >= 0.6 is 0 Å². The molecular formula is C13H16O. The van der Waals surface area contributed by atoms with Gasteiger partial charge in [0.15, 0.2) is 0 Å². The largest absolute Gasteiger partial charge is 0.389 e. The molecular weight excluding hydrogens is 172 g/mol. The highest BCUT2D eigenvalue weighted by Crippen LogP contribution is 1.96. The predicted octanol–water partition coefficient (Wildman–Crippen LogP) is 2.29. The van der Waals surface area contributed by atoms with E-state index in [0.29, 0.717) is 0 Å². The molecule has 74 valence electrons. The lowest BCUT2D eigenvalue weighted by Crippen LogP contribution is -1.99. The van der Waals surface area contributed by atoms with Gasteiger partial charge >= 0.3 is 0 Å². The van der Waals surface area contributed by atoms with Crippen LogP contribution < -0.4 is 0 Å². The molecule has 1 atom stereocenters. The number of hydrogen-bond donors (Lipinski definition) is 1. The van der Waals surface area contributed by atoms with Gasteiger partial charge in [0.25, 0.3) is 0 Å². The number of aliphatic hydroxyl groups excluding tert-OH is 1. The van der Waals surface area contributed by atoms with E-state index in [9.17, 15) is 5.11 Å². The molecule has 0 saturated carbocycles. The summed E-state index contributed by atoms with van der Waals surface area (Å²) in [7, 11) is 0. The topological polar surface area (TPSA) is 20.2 Å². The SMILES string of the molecule is C/C=C/C#CC#C/C=C/[C@H](O)CCC. The van der Waals surface area contributed by atoms with Crippen LogP contribution in [0.1, 0.15) is 26.7 Å². The van der Waals surface area contributed by atoms with Crippen molar-refractivity contribution in [3.63, 3.8) is 0 Å². The molecule has 1 heteroatoms. The fraction of sp³-hybridized carbons (Fsp3) is 0.385. The monoisotopic (exact) mass is 188 g/mol. The van der Waals surface area contributed by atoms with Crippen LogP contribution in [-0.2, 0) is 0 Å². The van der Waals surface area contributed by atoms with Gasteiger partial charge in [0.05, 0.1) is 6.10 Å². The minimum Gasteiger partial charge on any atom is -0.389 e. The second-order valence-corrected chi connectivity index (χ2v) is 2.75. The van der Waals surface area contributed by atoms with Crippen molar-refractivity contribution in [1.29, 1.82) is 0 Å². The van der Waals surface area contributed by atoms with Gasteiger partial charge < -0.3 is 5.11 Å². The Labute approximate surface area is 86.5 Å². The summed E-state index contributed by atoms with van der Waals surface area (Å²) in [6.45, 7) is 3.94. The summed E-state index contributed by atoms with van der Waals surface area (Å²) in [5.41, 5.74) is 0. The summed E-state index contributed by atoms with van der Waals surface area (Å²) >= 11 is 0. The Morgan fingerprint density at radius 2 is 1.86 bits per heavy atom. The zero-order valence-corrected chi connectivity index (χ0v) is 8.75. The summed E-state index contributed by atoms with van der Waals surface area (Å²) in [5.74, 6) is 10.8. The zero-order chi connectivity index (χ0) is 10.6. The molecule has 1 N–H and O–H groups in total. The van der Waals surface area contributed by atoms with Gasteiger partial charge in [-0.2, -0.15) is 0 Å². The molecule has 0 rings (SSSR count). The molecule has 0 bridgehead atoms. The molecule has 0 aliphatic heterocycles. The van der Waals surface area contributed by atoms with Crippen LogP contribution in [-0.4, -0.2) is 11.2 Å². The minimum absolute atomic E-state index is 0.377. The third-order valence-corrected chi connectivity index (χ3v) is 1.44. The normalized spacial score (nSPS) is 11.9. The molecule has 0 unspecified atom stereocenters. The van der Waals surface area contributed by atoms with Gasteiger partial charge in [-0.15, -0.1) is 0 Å². The maximum atomic E-state index is 9.29. The van der Waals surface area contributed by atoms with Gasteiger partial charge in [-0.3, -0.25) is 0 Å². The molecule has 14 heavy (non-hydrogen) atoms. The minimum atomic E-state index is -0.377. The van der Waals surface area contributed by atoms with E-state index in [4.69, 9.17) is 0 Å². The Kier molecular flexibility index (Phi) is 8.65. The first-order chi connectivity index (χ1) is 6.81. The molecule has 0 aromatic carbocycles. The molecule has 0 heterocycles. The fourth-order valence-electron chi connectivity index (χ4n) is 0.790. The Hall–Kier alpha value is -1.44. The highest BCUT2D eigenvalue weighted by molar-refractivity contribution is 5.33. The van der Waals surface area contributed by atoms with Crippen molar-refractivity contribution in [2.75, 3.05) is 0 Å². The highest BCUT2D eigenvalue weighted by Gasteiger charge is 1.93. The molecule has 0 aromatic heterocycles. The number of aliphatic hydroxyl groups is 1. The molecule has 0 aliphatic carbocycles. The van der Waals surface area contributed by atoms with E-state index in [1.54, 1.807) is 18.2 Å². The van der Waals surface area contributed by atoms with Crippen molar-refractivity contribution in [1.82, 2.24) is 0 Å². The number of rotatable bonds is 3. The van der Waals surface area contributed by atoms with E-state index >= 15 is 0 Å². The quantitative estimate of drug-likeness (QED) is 0.674. The van der Waals surface area contributed by atoms with Crippen LogP contribution in [0.2, 0.25) is 0 Å². The summed E-state index contributed by atoms with van der Waals surface area (Å²) in [6, 6.07) is 0. The first-order valence-corrected chi connectivity index (χ1v) is 4.78. The molecule has 0 fully saturated rings. The number of hydrogen-bond acceptors (Lipinski definition) is 1. The zero-order valence-electron chi connectivity index (χ0n) is 8.75. The van der Waals surface area contributed by atoms with Crippen molar-refractivity contribution in [2.24, 2.45) is 0 Å². The molecule has 0 saturated heterocycles. The Morgan fingerprint density at radius 1 is 1.21 bits per heavy atom. The van der Waals surface area contributed by atoms with Gasteiger partial charge in [0.1, 0.15) is 0 Å². The van der Waals surface area contributed by atoms with Crippen molar-refractivity contribution in [2.45, 2.75) is 32.8 Å². The summed E-state index contributed by atoms with van der Waals surface area (Å²) in [4.78, 5) is 0. The van der Waals surface area contributed by atoms with Gasteiger partial charge in [0, 0.05) is 0 Å². The Bertz CT molecular complexity index is 302. The van der Waals surface area contributed by atoms with E-state index in [0.717, 1.165) is 12.8 Å². The van der Waals surface area contributed by atoms with Crippen molar-refractivity contribution < 1.29 is 5.11 Å². The third kappa shape index (κ3) is 8.65. The molecule has 0 spiro atoms. The molecule has 0 radical (unpaired) electrons. The lowest BCUT2D eigenvalue weighted by Gasteiger charge is -1.98. The first kappa shape index (κ1) is 12.6. The maximum absolute atomic E-state index is 9.29. The van der Waals surface area contributed by atoms with Gasteiger partial charge in [-0.1, -0.05) is 31.3 Å². The second kappa shape index (κ2) is 9.65. The lowest BCUT2D eigenvalue weighted by molar-refractivity contribution is 0.211. The van der Waals surface area contributed by atoms with E-state index in [1.165, 1.54) is 0 Å². The van der Waals surface area contributed by atoms with Crippen molar-refractivity contribution in [3.8, 4) is 23.7 Å². The van der Waals surface area contributed by atoms with Crippen LogP contribution in [0, 0.1) is 23.7 Å². The van der Waals surface area contributed by atoms with Crippen LogP contribution in [0.15, 0.2) is 24.3 Å². The van der Waals surface area contributed by atoms with E-state index < -0.39 is 0 Å². The van der Waals surface area contributed by atoms with Crippen LogP contribution in [0.5, 0.6) is 0 Å². The maximum Gasteiger partial charge on any atom is 0.0730 e. The average molecular weight is 188 g/mol. The standard InChI is InChI=1S/C13H16O/c1-3-5-6-7-8-9-10-12-13(14)11-4-2/h3,5,10,12-14H,4,11H2,1-2H3/b5-3+,12-10+/t13-/m1/s1. The van der Waals surface area contributed by atoms with E-state index in [1.807, 2.05) is 19.9 Å². The molecule has 0 aliphatic rings. The van der Waals surface area contributed by atoms with Crippen molar-refractivity contribution in [3.05, 3.63) is 24.3 Å². The smallest absolute Gasteiger partial charge is 0.0730 e. The summed E-state index contributed by atoms with van der Waals surface area (Å²) in [5, 5.41) is 9.29. The van der Waals surface area contributed by atoms with Gasteiger partial charge in [0.2, 0.25) is 0 Å². The van der Waals surface area contributed by atoms with Gasteiger partial charge in [-0.25, -0.2) is 0 Å². The predicted molar refractivity (Wildman–Crippen MR) is 60.4 cm³/mol. The molecule has 0 amide bonds. The van der Waals surface area contributed by atoms with E-state index in [2.05, 4.69) is 23.7 Å². The summed E-state index contributed by atoms with van der Waals surface area (Å²) < 4.78 is 0. The Morgan fingerprint density at radius 3 is 2.43 bits per heavy atom. The first-order valence-electron chi connectivity index (χ1n) is 4.78. The molecule has 0 aromatic rings. The summed E-state index contributed by atoms with van der Waals surface area (Å²) in [6.07, 6.45) is 8.30. The van der Waals surface area contributed by atoms with Crippen LogP contribution in [0.25, 0.3) is 0 Å². The van der Waals surface area contributed by atoms with Crippen LogP contribution in [0.4, 0.5) is 0 Å². The fourth-order valence-corrected chi connectivity index (χ4v) is 0.790. The van der Waals surface area contributed by atoms with Crippen LogP contribution in [0.3, 0.4) is 0 Å². The highest BCUT2D eigenvalue weighted by atomic mass is 16.3.